The fraction of sp³-hybridized carbons (Fsp3) is 0.588. The van der Waals surface area contributed by atoms with Gasteiger partial charge in [0.15, 0.2) is 0 Å². The van der Waals surface area contributed by atoms with Crippen LogP contribution < -0.4 is 4.74 Å². The van der Waals surface area contributed by atoms with Gasteiger partial charge in [-0.1, -0.05) is 26.0 Å². The molecule has 0 bridgehead atoms. The second-order valence-electron chi connectivity index (χ2n) is 6.02. The van der Waals surface area contributed by atoms with Gasteiger partial charge in [0.25, 0.3) is 5.91 Å². The van der Waals surface area contributed by atoms with Crippen LogP contribution in [0.15, 0.2) is 24.3 Å². The molecule has 1 fully saturated rings. The third-order valence-corrected chi connectivity index (χ3v) is 4.02. The minimum atomic E-state index is 0.0796. The van der Waals surface area contributed by atoms with Crippen LogP contribution >= 0.6 is 0 Å². The molecule has 4 heteroatoms. The van der Waals surface area contributed by atoms with Gasteiger partial charge in [0.1, 0.15) is 5.75 Å². The summed E-state index contributed by atoms with van der Waals surface area (Å²) in [7, 11) is 1.61. The number of carbonyl (C=O) groups is 1. The fourth-order valence-electron chi connectivity index (χ4n) is 2.61. The van der Waals surface area contributed by atoms with Gasteiger partial charge in [0.05, 0.1) is 12.7 Å². The standard InChI is InChI=1S/C17H26N2O2/c1-14(2)8-9-18-10-12-19(13-11-18)17(20)15-6-4-5-7-16(15)21-3/h4-7,14H,8-13H2,1-3H3. The number of para-hydroxylation sites is 1. The van der Waals surface area contributed by atoms with Gasteiger partial charge in [-0.15, -0.1) is 0 Å². The topological polar surface area (TPSA) is 32.8 Å². The highest BCUT2D eigenvalue weighted by Crippen LogP contribution is 2.20. The second kappa shape index (κ2) is 7.46. The van der Waals surface area contributed by atoms with Crippen molar-refractivity contribution in [3.63, 3.8) is 0 Å². The Morgan fingerprint density at radius 3 is 2.48 bits per heavy atom. The van der Waals surface area contributed by atoms with Crippen LogP contribution in [0.1, 0.15) is 30.6 Å². The van der Waals surface area contributed by atoms with E-state index in [9.17, 15) is 4.79 Å². The van der Waals surface area contributed by atoms with Gasteiger partial charge < -0.3 is 9.64 Å². The molecule has 116 valence electrons. The lowest BCUT2D eigenvalue weighted by Crippen LogP contribution is -2.49. The van der Waals surface area contributed by atoms with Crippen molar-refractivity contribution in [3.8, 4) is 5.75 Å². The summed E-state index contributed by atoms with van der Waals surface area (Å²) in [5.74, 6) is 1.47. The van der Waals surface area contributed by atoms with Gasteiger partial charge in [0.2, 0.25) is 0 Å². The lowest BCUT2D eigenvalue weighted by molar-refractivity contribution is 0.0628. The third-order valence-electron chi connectivity index (χ3n) is 4.02. The molecule has 21 heavy (non-hydrogen) atoms. The third kappa shape index (κ3) is 4.21. The van der Waals surface area contributed by atoms with Gasteiger partial charge >= 0.3 is 0 Å². The molecule has 1 amide bonds. The normalized spacial score (nSPS) is 16.3. The molecule has 0 saturated carbocycles. The summed E-state index contributed by atoms with van der Waals surface area (Å²) in [5.41, 5.74) is 0.663. The molecule has 0 aromatic heterocycles. The van der Waals surface area contributed by atoms with Crippen LogP contribution in [0, 0.1) is 5.92 Å². The predicted octanol–water partition coefficient (Wildman–Crippen LogP) is 2.50. The van der Waals surface area contributed by atoms with Crippen molar-refractivity contribution in [3.05, 3.63) is 29.8 Å². The highest BCUT2D eigenvalue weighted by molar-refractivity contribution is 5.97. The SMILES string of the molecule is COc1ccccc1C(=O)N1CCN(CCC(C)C)CC1. The van der Waals surface area contributed by atoms with E-state index in [1.165, 1.54) is 6.42 Å². The van der Waals surface area contributed by atoms with E-state index < -0.39 is 0 Å². The Morgan fingerprint density at radius 1 is 1.19 bits per heavy atom. The van der Waals surface area contributed by atoms with E-state index in [2.05, 4.69) is 18.7 Å². The van der Waals surface area contributed by atoms with Crippen molar-refractivity contribution in [2.75, 3.05) is 39.8 Å². The lowest BCUT2D eigenvalue weighted by Gasteiger charge is -2.35. The summed E-state index contributed by atoms with van der Waals surface area (Å²) in [6.45, 7) is 9.17. The van der Waals surface area contributed by atoms with E-state index in [0.717, 1.165) is 38.6 Å². The maximum Gasteiger partial charge on any atom is 0.257 e. The van der Waals surface area contributed by atoms with Gasteiger partial charge in [-0.3, -0.25) is 9.69 Å². The minimum absolute atomic E-state index is 0.0796. The van der Waals surface area contributed by atoms with Crippen LogP contribution in [0.2, 0.25) is 0 Å². The molecular formula is C17H26N2O2. The Balaban J connectivity index is 1.91. The zero-order valence-corrected chi connectivity index (χ0v) is 13.3. The summed E-state index contributed by atoms with van der Waals surface area (Å²) in [5, 5.41) is 0. The number of benzene rings is 1. The molecule has 0 unspecified atom stereocenters. The molecule has 0 aliphatic carbocycles. The molecule has 0 spiro atoms. The molecule has 1 saturated heterocycles. The Kier molecular flexibility index (Phi) is 5.62. The van der Waals surface area contributed by atoms with E-state index in [-0.39, 0.29) is 5.91 Å². The van der Waals surface area contributed by atoms with E-state index in [1.807, 2.05) is 29.2 Å². The van der Waals surface area contributed by atoms with Crippen LogP contribution in [-0.4, -0.2) is 55.5 Å². The predicted molar refractivity (Wildman–Crippen MR) is 84.8 cm³/mol. The van der Waals surface area contributed by atoms with Crippen molar-refractivity contribution in [2.24, 2.45) is 5.92 Å². The number of ether oxygens (including phenoxy) is 1. The number of rotatable bonds is 5. The number of methoxy groups -OCH3 is 1. The number of hydrogen-bond donors (Lipinski definition) is 0. The maximum atomic E-state index is 12.6. The average Bonchev–Trinajstić information content (AvgIpc) is 2.52. The number of nitrogens with zero attached hydrogens (tertiary/aromatic N) is 2. The van der Waals surface area contributed by atoms with E-state index >= 15 is 0 Å². The van der Waals surface area contributed by atoms with Crippen LogP contribution in [0.3, 0.4) is 0 Å². The second-order valence-corrected chi connectivity index (χ2v) is 6.02. The Bertz CT molecular complexity index is 466. The summed E-state index contributed by atoms with van der Waals surface area (Å²) < 4.78 is 5.29. The molecule has 0 N–H and O–H groups in total. The van der Waals surface area contributed by atoms with Crippen LogP contribution in [0.4, 0.5) is 0 Å². The van der Waals surface area contributed by atoms with Gasteiger partial charge in [-0.2, -0.15) is 0 Å². The zero-order valence-electron chi connectivity index (χ0n) is 13.3. The molecule has 2 rings (SSSR count). The zero-order chi connectivity index (χ0) is 15.2. The molecule has 1 aromatic rings. The Hall–Kier alpha value is -1.55. The van der Waals surface area contributed by atoms with E-state index in [4.69, 9.17) is 4.74 Å². The Morgan fingerprint density at radius 2 is 1.86 bits per heavy atom. The average molecular weight is 290 g/mol. The van der Waals surface area contributed by atoms with Crippen molar-refractivity contribution in [1.82, 2.24) is 9.80 Å². The molecule has 1 aliphatic heterocycles. The largest absolute Gasteiger partial charge is 0.496 e. The van der Waals surface area contributed by atoms with Gasteiger partial charge in [-0.25, -0.2) is 0 Å². The quantitative estimate of drug-likeness (QED) is 0.835. The number of carbonyl (C=O) groups excluding carboxylic acids is 1. The summed E-state index contributed by atoms with van der Waals surface area (Å²) in [4.78, 5) is 17.0. The minimum Gasteiger partial charge on any atom is -0.496 e. The molecule has 1 heterocycles. The van der Waals surface area contributed by atoms with Gasteiger partial charge in [0, 0.05) is 26.2 Å². The molecule has 0 atom stereocenters. The van der Waals surface area contributed by atoms with Crippen LogP contribution in [-0.2, 0) is 0 Å². The smallest absolute Gasteiger partial charge is 0.257 e. The van der Waals surface area contributed by atoms with Crippen LogP contribution in [0.5, 0.6) is 5.75 Å². The van der Waals surface area contributed by atoms with Crippen molar-refractivity contribution in [2.45, 2.75) is 20.3 Å². The first-order valence-corrected chi connectivity index (χ1v) is 7.76. The summed E-state index contributed by atoms with van der Waals surface area (Å²) >= 11 is 0. The molecule has 0 radical (unpaired) electrons. The van der Waals surface area contributed by atoms with E-state index in [0.29, 0.717) is 11.3 Å². The van der Waals surface area contributed by atoms with Crippen molar-refractivity contribution in [1.29, 1.82) is 0 Å². The highest BCUT2D eigenvalue weighted by atomic mass is 16.5. The Labute approximate surface area is 127 Å². The molecule has 1 aromatic carbocycles. The summed E-state index contributed by atoms with van der Waals surface area (Å²) in [6, 6.07) is 7.45. The van der Waals surface area contributed by atoms with Crippen LogP contribution in [0.25, 0.3) is 0 Å². The fourth-order valence-corrected chi connectivity index (χ4v) is 2.61. The molecule has 4 nitrogen and oxygen atoms in total. The summed E-state index contributed by atoms with van der Waals surface area (Å²) in [6.07, 6.45) is 1.22. The molecule has 1 aliphatic rings. The maximum absolute atomic E-state index is 12.6. The molecular weight excluding hydrogens is 264 g/mol. The number of hydrogen-bond acceptors (Lipinski definition) is 3. The first-order valence-electron chi connectivity index (χ1n) is 7.76. The van der Waals surface area contributed by atoms with Crippen molar-refractivity contribution >= 4 is 5.91 Å². The number of amides is 1. The first kappa shape index (κ1) is 15.8. The lowest BCUT2D eigenvalue weighted by atomic mass is 10.1. The first-order chi connectivity index (χ1) is 10.1. The number of piperazine rings is 1. The van der Waals surface area contributed by atoms with E-state index in [1.54, 1.807) is 7.11 Å². The van der Waals surface area contributed by atoms with Crippen molar-refractivity contribution < 1.29 is 9.53 Å². The highest BCUT2D eigenvalue weighted by Gasteiger charge is 2.23. The monoisotopic (exact) mass is 290 g/mol. The van der Waals surface area contributed by atoms with Gasteiger partial charge in [-0.05, 0) is 31.0 Å².